The molecule has 7 heteroatoms. The fourth-order valence-corrected chi connectivity index (χ4v) is 2.77. The van der Waals surface area contributed by atoms with Crippen LogP contribution in [0.5, 0.6) is 5.75 Å². The van der Waals surface area contributed by atoms with Crippen molar-refractivity contribution in [3.8, 4) is 5.75 Å². The molecule has 1 aliphatic rings. The number of rotatable bonds is 10. The maximum Gasteiger partial charge on any atom is 0.191 e. The summed E-state index contributed by atoms with van der Waals surface area (Å²) in [5.41, 5.74) is 0. The van der Waals surface area contributed by atoms with E-state index >= 15 is 0 Å². The van der Waals surface area contributed by atoms with Gasteiger partial charge in [0.25, 0.3) is 0 Å². The molecule has 2 rings (SSSR count). The lowest BCUT2D eigenvalue weighted by atomic mass is 10.2. The van der Waals surface area contributed by atoms with Crippen LogP contribution in [0, 0.1) is 0 Å². The predicted molar refractivity (Wildman–Crippen MR) is 105 cm³/mol. The summed E-state index contributed by atoms with van der Waals surface area (Å²) in [6.45, 7) is 5.80. The van der Waals surface area contributed by atoms with Crippen LogP contribution in [0.3, 0.4) is 0 Å². The first kappa shape index (κ1) is 20.8. The van der Waals surface area contributed by atoms with Crippen molar-refractivity contribution in [3.05, 3.63) is 29.3 Å². The van der Waals surface area contributed by atoms with Crippen molar-refractivity contribution in [1.29, 1.82) is 0 Å². The van der Waals surface area contributed by atoms with Crippen molar-refractivity contribution in [2.75, 3.05) is 40.0 Å². The Bertz CT molecular complexity index is 551. The molecule has 1 aromatic carbocycles. The molecule has 1 aromatic rings. The molecule has 0 aliphatic carbocycles. The number of guanidine groups is 1. The van der Waals surface area contributed by atoms with Crippen LogP contribution in [0.25, 0.3) is 0 Å². The smallest absolute Gasteiger partial charge is 0.191 e. The molecule has 26 heavy (non-hydrogen) atoms. The summed E-state index contributed by atoms with van der Waals surface area (Å²) in [6.07, 6.45) is 3.07. The maximum atomic E-state index is 6.16. The van der Waals surface area contributed by atoms with Crippen molar-refractivity contribution in [2.45, 2.75) is 38.4 Å². The van der Waals surface area contributed by atoms with Crippen LogP contribution in [-0.2, 0) is 9.47 Å². The summed E-state index contributed by atoms with van der Waals surface area (Å²) in [5.74, 6) is 1.47. The molecule has 2 atom stereocenters. The van der Waals surface area contributed by atoms with Crippen LogP contribution in [0.1, 0.15) is 26.2 Å². The second kappa shape index (κ2) is 12.0. The molecule has 2 N–H and O–H groups in total. The number of para-hydroxylation sites is 1. The highest BCUT2D eigenvalue weighted by Crippen LogP contribution is 2.24. The highest BCUT2D eigenvalue weighted by atomic mass is 35.5. The fraction of sp³-hybridized carbons (Fsp3) is 0.632. The van der Waals surface area contributed by atoms with Gasteiger partial charge >= 0.3 is 0 Å². The van der Waals surface area contributed by atoms with E-state index in [9.17, 15) is 0 Å². The number of nitrogens with one attached hydrogen (secondary N) is 2. The second-order valence-corrected chi connectivity index (χ2v) is 6.58. The molecular weight excluding hydrogens is 354 g/mol. The molecule has 146 valence electrons. The molecule has 0 aromatic heterocycles. The number of nitrogens with zero attached hydrogens (tertiary/aromatic N) is 1. The van der Waals surface area contributed by atoms with Crippen molar-refractivity contribution < 1.29 is 14.2 Å². The standard InChI is InChI=1S/C19H30ClN3O3/c1-3-15(26-18-8-5-4-7-17(18)20)13-23-19(21-2)22-10-6-11-25-16-9-12-24-14-16/h4-5,7-8,15-16H,3,6,9-14H2,1-2H3,(H2,21,22,23). The maximum absolute atomic E-state index is 6.16. The van der Waals surface area contributed by atoms with Gasteiger partial charge in [-0.1, -0.05) is 30.7 Å². The van der Waals surface area contributed by atoms with Crippen molar-refractivity contribution in [1.82, 2.24) is 10.6 Å². The van der Waals surface area contributed by atoms with E-state index in [4.69, 9.17) is 25.8 Å². The molecule has 0 radical (unpaired) electrons. The van der Waals surface area contributed by atoms with E-state index in [2.05, 4.69) is 22.5 Å². The first-order valence-corrected chi connectivity index (χ1v) is 9.65. The van der Waals surface area contributed by atoms with E-state index in [-0.39, 0.29) is 12.2 Å². The zero-order valence-corrected chi connectivity index (χ0v) is 16.4. The average molecular weight is 384 g/mol. The lowest BCUT2D eigenvalue weighted by Crippen LogP contribution is -2.43. The third-order valence-electron chi connectivity index (χ3n) is 4.16. The topological polar surface area (TPSA) is 64.1 Å². The quantitative estimate of drug-likeness (QED) is 0.369. The van der Waals surface area contributed by atoms with Gasteiger partial charge in [0.15, 0.2) is 5.96 Å². The van der Waals surface area contributed by atoms with E-state index in [1.165, 1.54) is 0 Å². The van der Waals surface area contributed by atoms with Gasteiger partial charge in [0, 0.05) is 26.8 Å². The van der Waals surface area contributed by atoms with Gasteiger partial charge in [-0.15, -0.1) is 0 Å². The predicted octanol–water partition coefficient (Wildman–Crippen LogP) is 2.86. The Kier molecular flexibility index (Phi) is 9.60. The molecule has 1 fully saturated rings. The lowest BCUT2D eigenvalue weighted by molar-refractivity contribution is 0.0420. The third kappa shape index (κ3) is 7.40. The molecule has 0 amide bonds. The summed E-state index contributed by atoms with van der Waals surface area (Å²) < 4.78 is 17.0. The Morgan fingerprint density at radius 2 is 2.23 bits per heavy atom. The van der Waals surface area contributed by atoms with Gasteiger partial charge in [-0.05, 0) is 31.4 Å². The number of hydrogen-bond acceptors (Lipinski definition) is 4. The molecule has 0 bridgehead atoms. The van der Waals surface area contributed by atoms with Crippen molar-refractivity contribution in [2.24, 2.45) is 4.99 Å². The van der Waals surface area contributed by atoms with Crippen LogP contribution < -0.4 is 15.4 Å². The summed E-state index contributed by atoms with van der Waals surface area (Å²) in [5, 5.41) is 7.22. The molecule has 0 spiro atoms. The van der Waals surface area contributed by atoms with E-state index in [0.717, 1.165) is 51.6 Å². The third-order valence-corrected chi connectivity index (χ3v) is 4.47. The Morgan fingerprint density at radius 1 is 1.38 bits per heavy atom. The monoisotopic (exact) mass is 383 g/mol. The van der Waals surface area contributed by atoms with Crippen LogP contribution in [0.4, 0.5) is 0 Å². The van der Waals surface area contributed by atoms with Crippen LogP contribution in [0.2, 0.25) is 5.02 Å². The van der Waals surface area contributed by atoms with Gasteiger partial charge in [-0.25, -0.2) is 0 Å². The number of benzene rings is 1. The van der Waals surface area contributed by atoms with Gasteiger partial charge in [0.1, 0.15) is 11.9 Å². The molecule has 6 nitrogen and oxygen atoms in total. The van der Waals surface area contributed by atoms with E-state index < -0.39 is 0 Å². The Labute approximate surface area is 161 Å². The zero-order chi connectivity index (χ0) is 18.6. The SMILES string of the molecule is CCC(CNC(=NC)NCCCOC1CCOC1)Oc1ccccc1Cl. The van der Waals surface area contributed by atoms with Crippen molar-refractivity contribution in [3.63, 3.8) is 0 Å². The molecule has 1 heterocycles. The molecule has 1 saturated heterocycles. The van der Waals surface area contributed by atoms with E-state index in [0.29, 0.717) is 17.3 Å². The van der Waals surface area contributed by atoms with E-state index in [1.807, 2.05) is 24.3 Å². The first-order valence-electron chi connectivity index (χ1n) is 9.28. The minimum Gasteiger partial charge on any atom is -0.487 e. The minimum atomic E-state index is 0.0131. The summed E-state index contributed by atoms with van der Waals surface area (Å²) in [4.78, 5) is 4.25. The second-order valence-electron chi connectivity index (χ2n) is 6.17. The van der Waals surface area contributed by atoms with Gasteiger partial charge < -0.3 is 24.8 Å². The van der Waals surface area contributed by atoms with Gasteiger partial charge in [-0.3, -0.25) is 4.99 Å². The van der Waals surface area contributed by atoms with Crippen LogP contribution in [0.15, 0.2) is 29.3 Å². The molecule has 2 unspecified atom stereocenters. The number of hydrogen-bond donors (Lipinski definition) is 2. The number of aliphatic imine (C=N–C) groups is 1. The summed E-state index contributed by atoms with van der Waals surface area (Å²) >= 11 is 6.16. The van der Waals surface area contributed by atoms with E-state index in [1.54, 1.807) is 7.05 Å². The summed E-state index contributed by atoms with van der Waals surface area (Å²) in [7, 11) is 1.76. The van der Waals surface area contributed by atoms with Crippen LogP contribution >= 0.6 is 11.6 Å². The average Bonchev–Trinajstić information content (AvgIpc) is 3.17. The number of halogens is 1. The molecule has 1 aliphatic heterocycles. The Morgan fingerprint density at radius 3 is 2.92 bits per heavy atom. The zero-order valence-electron chi connectivity index (χ0n) is 15.7. The molecular formula is C19H30ClN3O3. The normalized spacial score (nSPS) is 18.6. The Balaban J connectivity index is 1.63. The molecule has 0 saturated carbocycles. The fourth-order valence-electron chi connectivity index (χ4n) is 2.59. The highest BCUT2D eigenvalue weighted by molar-refractivity contribution is 6.32. The highest BCUT2D eigenvalue weighted by Gasteiger charge is 2.15. The Hall–Kier alpha value is -1.50. The van der Waals surface area contributed by atoms with Crippen molar-refractivity contribution >= 4 is 17.6 Å². The van der Waals surface area contributed by atoms with Gasteiger partial charge in [0.05, 0.1) is 24.3 Å². The van der Waals surface area contributed by atoms with Gasteiger partial charge in [-0.2, -0.15) is 0 Å². The lowest BCUT2D eigenvalue weighted by Gasteiger charge is -2.20. The summed E-state index contributed by atoms with van der Waals surface area (Å²) in [6, 6.07) is 7.52. The van der Waals surface area contributed by atoms with Gasteiger partial charge in [0.2, 0.25) is 0 Å². The van der Waals surface area contributed by atoms with Crippen LogP contribution in [-0.4, -0.2) is 58.1 Å². The minimum absolute atomic E-state index is 0.0131. The largest absolute Gasteiger partial charge is 0.487 e. The number of ether oxygens (including phenoxy) is 3. The first-order chi connectivity index (χ1) is 12.7.